The van der Waals surface area contributed by atoms with Gasteiger partial charge in [-0.2, -0.15) is 5.10 Å². The summed E-state index contributed by atoms with van der Waals surface area (Å²) in [7, 11) is 0. The number of carbonyl (C=O) groups excluding carboxylic acids is 2. The molecule has 8 heteroatoms. The number of nitrogens with one attached hydrogen (secondary N) is 2. The van der Waals surface area contributed by atoms with Crippen molar-refractivity contribution in [3.8, 4) is 0 Å². The summed E-state index contributed by atoms with van der Waals surface area (Å²) in [6.45, 7) is 0.944. The molecule has 3 rings (SSSR count). The van der Waals surface area contributed by atoms with Gasteiger partial charge in [-0.3, -0.25) is 19.3 Å². The highest BCUT2D eigenvalue weighted by molar-refractivity contribution is 6.30. The van der Waals surface area contributed by atoms with Crippen LogP contribution in [0.15, 0.2) is 61.1 Å². The number of nitrogens with zero attached hydrogens (tertiary/aromatic N) is 3. The molecule has 0 aliphatic carbocycles. The van der Waals surface area contributed by atoms with Crippen LogP contribution in [-0.4, -0.2) is 33.1 Å². The summed E-state index contributed by atoms with van der Waals surface area (Å²) < 4.78 is 1.84. The Hall–Kier alpha value is -3.19. The Kier molecular flexibility index (Phi) is 6.17. The molecular formula is C19H18ClN5O2. The van der Waals surface area contributed by atoms with Crippen molar-refractivity contribution in [2.24, 2.45) is 0 Å². The Labute approximate surface area is 161 Å². The molecule has 27 heavy (non-hydrogen) atoms. The van der Waals surface area contributed by atoms with Crippen LogP contribution in [-0.2, 0) is 17.9 Å². The monoisotopic (exact) mass is 383 g/mol. The minimum atomic E-state index is -0.448. The Bertz CT molecular complexity index is 910. The van der Waals surface area contributed by atoms with E-state index in [1.807, 2.05) is 41.2 Å². The number of amides is 2. The van der Waals surface area contributed by atoms with Gasteiger partial charge in [-0.1, -0.05) is 35.9 Å². The zero-order valence-corrected chi connectivity index (χ0v) is 15.2. The molecule has 3 aromatic rings. The number of hydrogen-bond donors (Lipinski definition) is 2. The minimum Gasteiger partial charge on any atom is -0.350 e. The van der Waals surface area contributed by atoms with Crippen molar-refractivity contribution in [1.82, 2.24) is 25.4 Å². The lowest BCUT2D eigenvalue weighted by molar-refractivity contribution is -0.120. The minimum absolute atomic E-state index is 0.135. The molecule has 2 heterocycles. The molecule has 2 N–H and O–H groups in total. The van der Waals surface area contributed by atoms with Gasteiger partial charge >= 0.3 is 0 Å². The van der Waals surface area contributed by atoms with E-state index in [9.17, 15) is 9.59 Å². The number of carbonyl (C=O) groups is 2. The third-order valence-corrected chi connectivity index (χ3v) is 4.02. The smallest absolute Gasteiger partial charge is 0.270 e. The highest BCUT2D eigenvalue weighted by Gasteiger charge is 2.09. The van der Waals surface area contributed by atoms with Crippen molar-refractivity contribution < 1.29 is 9.59 Å². The predicted molar refractivity (Wildman–Crippen MR) is 101 cm³/mol. The second-order valence-electron chi connectivity index (χ2n) is 5.84. The number of aromatic nitrogens is 3. The lowest BCUT2D eigenvalue weighted by Gasteiger charge is -2.08. The van der Waals surface area contributed by atoms with Crippen LogP contribution in [0, 0.1) is 0 Å². The topological polar surface area (TPSA) is 88.9 Å². The van der Waals surface area contributed by atoms with Crippen LogP contribution in [0.1, 0.15) is 21.6 Å². The summed E-state index contributed by atoms with van der Waals surface area (Å²) >= 11 is 5.82. The Morgan fingerprint density at radius 3 is 2.52 bits per heavy atom. The lowest BCUT2D eigenvalue weighted by Crippen LogP contribution is -2.36. The first-order valence-corrected chi connectivity index (χ1v) is 8.69. The van der Waals surface area contributed by atoms with Gasteiger partial charge in [0.15, 0.2) is 0 Å². The fourth-order valence-electron chi connectivity index (χ4n) is 2.39. The van der Waals surface area contributed by atoms with E-state index in [4.69, 9.17) is 11.6 Å². The van der Waals surface area contributed by atoms with E-state index < -0.39 is 5.91 Å². The van der Waals surface area contributed by atoms with E-state index in [1.54, 1.807) is 12.3 Å². The highest BCUT2D eigenvalue weighted by atomic mass is 35.5. The summed E-state index contributed by atoms with van der Waals surface area (Å²) in [5, 5.41) is 9.86. The van der Waals surface area contributed by atoms with E-state index in [0.717, 1.165) is 11.1 Å². The molecule has 0 saturated carbocycles. The van der Waals surface area contributed by atoms with Crippen molar-refractivity contribution in [3.05, 3.63) is 82.9 Å². The molecule has 138 valence electrons. The maximum absolute atomic E-state index is 11.9. The maximum Gasteiger partial charge on any atom is 0.270 e. The predicted octanol–water partition coefficient (Wildman–Crippen LogP) is 2.03. The number of halogens is 1. The van der Waals surface area contributed by atoms with Gasteiger partial charge in [-0.05, 0) is 29.3 Å². The number of benzene rings is 1. The Morgan fingerprint density at radius 1 is 1.04 bits per heavy atom. The van der Waals surface area contributed by atoms with Crippen LogP contribution in [0.2, 0.25) is 5.02 Å². The van der Waals surface area contributed by atoms with E-state index in [1.165, 1.54) is 12.3 Å². The molecule has 7 nitrogen and oxygen atoms in total. The van der Waals surface area contributed by atoms with E-state index in [0.29, 0.717) is 18.1 Å². The quantitative estimate of drug-likeness (QED) is 0.653. The van der Waals surface area contributed by atoms with Crippen molar-refractivity contribution in [2.75, 3.05) is 6.54 Å². The van der Waals surface area contributed by atoms with Gasteiger partial charge in [-0.25, -0.2) is 0 Å². The van der Waals surface area contributed by atoms with E-state index in [-0.39, 0.29) is 18.1 Å². The molecule has 0 unspecified atom stereocenters. The zero-order chi connectivity index (χ0) is 19.1. The largest absolute Gasteiger partial charge is 0.350 e. The van der Waals surface area contributed by atoms with Gasteiger partial charge in [-0.15, -0.1) is 0 Å². The Morgan fingerprint density at radius 2 is 1.81 bits per heavy atom. The Balaban J connectivity index is 1.43. The van der Waals surface area contributed by atoms with Crippen LogP contribution < -0.4 is 10.6 Å². The molecule has 0 aliphatic heterocycles. The first kappa shape index (κ1) is 18.6. The first-order valence-electron chi connectivity index (χ1n) is 8.32. The SMILES string of the molecule is O=C(CNC(=O)c1cc(Cl)ccn1)NCc1ccc(Cn2cccn2)cc1. The molecule has 0 saturated heterocycles. The molecule has 0 spiro atoms. The molecule has 0 atom stereocenters. The standard InChI is InChI=1S/C19H18ClN5O2/c20-16-6-8-21-17(10-16)19(27)23-12-18(26)22-11-14-2-4-15(5-3-14)13-25-9-1-7-24-25/h1-10H,11-13H2,(H,22,26)(H,23,27). The molecule has 0 fully saturated rings. The number of pyridine rings is 1. The van der Waals surface area contributed by atoms with Crippen molar-refractivity contribution >= 4 is 23.4 Å². The fraction of sp³-hybridized carbons (Fsp3) is 0.158. The van der Waals surface area contributed by atoms with Crippen LogP contribution in [0.25, 0.3) is 0 Å². The van der Waals surface area contributed by atoms with Gasteiger partial charge in [0.1, 0.15) is 5.69 Å². The van der Waals surface area contributed by atoms with Gasteiger partial charge in [0.2, 0.25) is 5.91 Å². The van der Waals surface area contributed by atoms with Crippen LogP contribution in [0.3, 0.4) is 0 Å². The van der Waals surface area contributed by atoms with Gasteiger partial charge < -0.3 is 10.6 Å². The van der Waals surface area contributed by atoms with Crippen LogP contribution >= 0.6 is 11.6 Å². The summed E-state index contributed by atoms with van der Waals surface area (Å²) in [6, 6.07) is 12.8. The van der Waals surface area contributed by atoms with Crippen molar-refractivity contribution in [2.45, 2.75) is 13.1 Å². The third-order valence-electron chi connectivity index (χ3n) is 3.78. The molecule has 0 bridgehead atoms. The fourth-order valence-corrected chi connectivity index (χ4v) is 2.55. The molecule has 2 amide bonds. The molecule has 0 aliphatic rings. The van der Waals surface area contributed by atoms with Gasteiger partial charge in [0.05, 0.1) is 13.1 Å². The number of hydrogen-bond acceptors (Lipinski definition) is 4. The van der Waals surface area contributed by atoms with Gasteiger partial charge in [0, 0.05) is 30.2 Å². The van der Waals surface area contributed by atoms with Crippen molar-refractivity contribution in [1.29, 1.82) is 0 Å². The van der Waals surface area contributed by atoms with Crippen molar-refractivity contribution in [3.63, 3.8) is 0 Å². The van der Waals surface area contributed by atoms with Crippen LogP contribution in [0.5, 0.6) is 0 Å². The second kappa shape index (κ2) is 8.95. The van der Waals surface area contributed by atoms with E-state index >= 15 is 0 Å². The summed E-state index contributed by atoms with van der Waals surface area (Å²) in [6.07, 6.45) is 5.08. The normalized spacial score (nSPS) is 10.4. The zero-order valence-electron chi connectivity index (χ0n) is 14.4. The highest BCUT2D eigenvalue weighted by Crippen LogP contribution is 2.08. The summed E-state index contributed by atoms with van der Waals surface area (Å²) in [5.41, 5.74) is 2.26. The molecular weight excluding hydrogens is 366 g/mol. The lowest BCUT2D eigenvalue weighted by atomic mass is 10.1. The van der Waals surface area contributed by atoms with E-state index in [2.05, 4.69) is 20.7 Å². The molecule has 0 radical (unpaired) electrons. The van der Waals surface area contributed by atoms with Gasteiger partial charge in [0.25, 0.3) is 5.91 Å². The third kappa shape index (κ3) is 5.65. The first-order chi connectivity index (χ1) is 13.1. The average Bonchev–Trinajstić information content (AvgIpc) is 3.18. The summed E-state index contributed by atoms with van der Waals surface area (Å²) in [4.78, 5) is 27.7. The molecule has 2 aromatic heterocycles. The number of rotatable bonds is 7. The molecule has 1 aromatic carbocycles. The van der Waals surface area contributed by atoms with Crippen LogP contribution in [0.4, 0.5) is 0 Å². The average molecular weight is 384 g/mol. The maximum atomic E-state index is 11.9. The summed E-state index contributed by atoms with van der Waals surface area (Å²) in [5.74, 6) is -0.735. The second-order valence-corrected chi connectivity index (χ2v) is 6.28.